The highest BCUT2D eigenvalue weighted by molar-refractivity contribution is 7.91. The molecule has 1 unspecified atom stereocenters. The van der Waals surface area contributed by atoms with Gasteiger partial charge in [-0.25, -0.2) is 8.42 Å². The molecule has 0 radical (unpaired) electrons. The van der Waals surface area contributed by atoms with Gasteiger partial charge in [0, 0.05) is 12.6 Å². The largest absolute Gasteiger partial charge is 0.306 e. The summed E-state index contributed by atoms with van der Waals surface area (Å²) in [7, 11) is -1.67. The van der Waals surface area contributed by atoms with Crippen molar-refractivity contribution in [1.82, 2.24) is 4.90 Å². The summed E-state index contributed by atoms with van der Waals surface area (Å²) in [5, 5.41) is 10.9. The van der Waals surface area contributed by atoms with E-state index in [1.807, 2.05) is 7.05 Å². The maximum Gasteiger partial charge on any atom is 0.287 e. The molecule has 0 aliphatic carbocycles. The number of nitrogens with zero attached hydrogens (tertiary/aromatic N) is 2. The van der Waals surface area contributed by atoms with Crippen LogP contribution in [0.5, 0.6) is 0 Å². The topological polar surface area (TPSA) is 80.5 Å². The second-order valence-corrected chi connectivity index (χ2v) is 6.93. The maximum absolute atomic E-state index is 12.3. The molecule has 0 saturated carbocycles. The quantitative estimate of drug-likeness (QED) is 0.615. The predicted octanol–water partition coefficient (Wildman–Crippen LogP) is 1.32. The van der Waals surface area contributed by atoms with Crippen LogP contribution >= 0.6 is 0 Å². The standard InChI is InChI=1S/C12H16N2O4S/c1-13-7-6-10(8-13)9-19(17,18)12-5-3-2-4-11(12)14(15)16/h2-5,10H,6-9H2,1H3. The van der Waals surface area contributed by atoms with Gasteiger partial charge in [-0.05, 0) is 32.0 Å². The fourth-order valence-electron chi connectivity index (χ4n) is 2.43. The molecule has 1 aliphatic heterocycles. The zero-order valence-corrected chi connectivity index (χ0v) is 11.5. The second kappa shape index (κ2) is 5.26. The molecule has 7 heteroatoms. The van der Waals surface area contributed by atoms with Crippen LogP contribution in [-0.2, 0) is 9.84 Å². The number of likely N-dealkylation sites (tertiary alicyclic amines) is 1. The summed E-state index contributed by atoms with van der Waals surface area (Å²) in [6, 6.07) is 5.53. The summed E-state index contributed by atoms with van der Waals surface area (Å²) in [4.78, 5) is 12.1. The molecular formula is C12H16N2O4S. The van der Waals surface area contributed by atoms with E-state index in [9.17, 15) is 18.5 Å². The van der Waals surface area contributed by atoms with Crippen molar-refractivity contribution in [3.8, 4) is 0 Å². The number of nitro groups is 1. The molecule has 0 spiro atoms. The molecule has 1 aromatic rings. The van der Waals surface area contributed by atoms with Crippen molar-refractivity contribution < 1.29 is 13.3 Å². The van der Waals surface area contributed by atoms with Crippen LogP contribution in [-0.4, -0.2) is 44.1 Å². The average molecular weight is 284 g/mol. The van der Waals surface area contributed by atoms with Gasteiger partial charge in [-0.1, -0.05) is 12.1 Å². The van der Waals surface area contributed by atoms with Crippen molar-refractivity contribution in [2.75, 3.05) is 25.9 Å². The van der Waals surface area contributed by atoms with Crippen LogP contribution in [0, 0.1) is 16.0 Å². The number of sulfone groups is 1. The lowest BCUT2D eigenvalue weighted by molar-refractivity contribution is -0.387. The van der Waals surface area contributed by atoms with E-state index >= 15 is 0 Å². The van der Waals surface area contributed by atoms with Gasteiger partial charge in [-0.15, -0.1) is 0 Å². The van der Waals surface area contributed by atoms with Gasteiger partial charge in [-0.3, -0.25) is 10.1 Å². The Bertz CT molecular complexity index is 585. The Morgan fingerprint density at radius 1 is 1.42 bits per heavy atom. The Morgan fingerprint density at radius 2 is 2.11 bits per heavy atom. The lowest BCUT2D eigenvalue weighted by Crippen LogP contribution is -2.20. The third kappa shape index (κ3) is 3.10. The molecule has 0 bridgehead atoms. The first kappa shape index (κ1) is 14.0. The monoisotopic (exact) mass is 284 g/mol. The zero-order valence-electron chi connectivity index (χ0n) is 10.7. The number of para-hydroxylation sites is 1. The lowest BCUT2D eigenvalue weighted by atomic mass is 10.2. The highest BCUT2D eigenvalue weighted by atomic mass is 32.2. The molecule has 0 aromatic heterocycles. The molecule has 1 atom stereocenters. The van der Waals surface area contributed by atoms with Gasteiger partial charge >= 0.3 is 0 Å². The summed E-state index contributed by atoms with van der Waals surface area (Å²) in [6.07, 6.45) is 0.816. The van der Waals surface area contributed by atoms with Gasteiger partial charge in [0.05, 0.1) is 10.7 Å². The number of rotatable bonds is 4. The van der Waals surface area contributed by atoms with E-state index in [-0.39, 0.29) is 22.3 Å². The Kier molecular flexibility index (Phi) is 3.86. The molecule has 1 heterocycles. The van der Waals surface area contributed by atoms with Gasteiger partial charge in [0.15, 0.2) is 9.84 Å². The second-order valence-electron chi connectivity index (χ2n) is 4.92. The van der Waals surface area contributed by atoms with Crippen LogP contribution in [0.1, 0.15) is 6.42 Å². The summed E-state index contributed by atoms with van der Waals surface area (Å²) in [5.74, 6) is 0.0251. The number of hydrogen-bond acceptors (Lipinski definition) is 5. The minimum Gasteiger partial charge on any atom is -0.306 e. The Morgan fingerprint density at radius 3 is 2.68 bits per heavy atom. The fourth-order valence-corrected chi connectivity index (χ4v) is 4.25. The smallest absolute Gasteiger partial charge is 0.287 e. The highest BCUT2D eigenvalue weighted by Gasteiger charge is 2.30. The first-order valence-electron chi connectivity index (χ1n) is 6.05. The molecule has 6 nitrogen and oxygen atoms in total. The molecule has 1 saturated heterocycles. The minimum atomic E-state index is -3.61. The van der Waals surface area contributed by atoms with Crippen molar-refractivity contribution in [3.63, 3.8) is 0 Å². The van der Waals surface area contributed by atoms with Gasteiger partial charge < -0.3 is 4.90 Å². The molecular weight excluding hydrogens is 268 g/mol. The van der Waals surface area contributed by atoms with E-state index in [1.54, 1.807) is 0 Å². The van der Waals surface area contributed by atoms with E-state index in [1.165, 1.54) is 24.3 Å². The molecule has 1 aliphatic rings. The summed E-state index contributed by atoms with van der Waals surface area (Å²) in [5.41, 5.74) is -0.339. The number of benzene rings is 1. The van der Waals surface area contributed by atoms with E-state index in [0.29, 0.717) is 0 Å². The van der Waals surface area contributed by atoms with Crippen LogP contribution in [0.15, 0.2) is 29.2 Å². The van der Waals surface area contributed by atoms with Crippen molar-refractivity contribution >= 4 is 15.5 Å². The summed E-state index contributed by atoms with van der Waals surface area (Å²) in [6.45, 7) is 1.59. The maximum atomic E-state index is 12.3. The van der Waals surface area contributed by atoms with Crippen LogP contribution in [0.2, 0.25) is 0 Å². The van der Waals surface area contributed by atoms with Crippen molar-refractivity contribution in [1.29, 1.82) is 0 Å². The lowest BCUT2D eigenvalue weighted by Gasteiger charge is -2.11. The Labute approximate surface area is 112 Å². The van der Waals surface area contributed by atoms with Gasteiger partial charge in [0.2, 0.25) is 0 Å². The molecule has 0 amide bonds. The molecule has 1 fully saturated rings. The van der Waals surface area contributed by atoms with Gasteiger partial charge in [-0.2, -0.15) is 0 Å². The fraction of sp³-hybridized carbons (Fsp3) is 0.500. The highest BCUT2D eigenvalue weighted by Crippen LogP contribution is 2.27. The number of hydrogen-bond donors (Lipinski definition) is 0. The van der Waals surface area contributed by atoms with Crippen LogP contribution in [0.4, 0.5) is 5.69 Å². The van der Waals surface area contributed by atoms with Gasteiger partial charge in [0.1, 0.15) is 4.90 Å². The van der Waals surface area contributed by atoms with Crippen LogP contribution in [0.3, 0.4) is 0 Å². The van der Waals surface area contributed by atoms with E-state index < -0.39 is 14.8 Å². The Hall–Kier alpha value is -1.47. The minimum absolute atomic E-state index is 0.0256. The van der Waals surface area contributed by atoms with Crippen LogP contribution in [0.25, 0.3) is 0 Å². The molecule has 2 rings (SSSR count). The zero-order chi connectivity index (χ0) is 14.0. The van der Waals surface area contributed by atoms with E-state index in [0.717, 1.165) is 19.5 Å². The molecule has 104 valence electrons. The third-order valence-electron chi connectivity index (χ3n) is 3.34. The third-order valence-corrected chi connectivity index (χ3v) is 5.27. The first-order valence-corrected chi connectivity index (χ1v) is 7.70. The van der Waals surface area contributed by atoms with E-state index in [2.05, 4.69) is 4.90 Å². The SMILES string of the molecule is CN1CCC(CS(=O)(=O)c2ccccc2[N+](=O)[O-])C1. The predicted molar refractivity (Wildman–Crippen MR) is 70.8 cm³/mol. The summed E-state index contributed by atoms with van der Waals surface area (Å²) >= 11 is 0. The normalized spacial score (nSPS) is 20.6. The van der Waals surface area contributed by atoms with Gasteiger partial charge in [0.25, 0.3) is 5.69 Å². The number of nitro benzene ring substituents is 1. The molecule has 1 aromatic carbocycles. The Balaban J connectivity index is 2.27. The first-order chi connectivity index (χ1) is 8.90. The summed E-state index contributed by atoms with van der Waals surface area (Å²) < 4.78 is 24.6. The average Bonchev–Trinajstić information content (AvgIpc) is 2.74. The molecule has 0 N–H and O–H groups in total. The van der Waals surface area contributed by atoms with Crippen molar-refractivity contribution in [2.24, 2.45) is 5.92 Å². The van der Waals surface area contributed by atoms with Crippen molar-refractivity contribution in [2.45, 2.75) is 11.3 Å². The van der Waals surface area contributed by atoms with E-state index in [4.69, 9.17) is 0 Å². The van der Waals surface area contributed by atoms with Crippen molar-refractivity contribution in [3.05, 3.63) is 34.4 Å². The molecule has 19 heavy (non-hydrogen) atoms. The van der Waals surface area contributed by atoms with Crippen LogP contribution < -0.4 is 0 Å².